The lowest BCUT2D eigenvalue weighted by Gasteiger charge is -2.11. The maximum Gasteiger partial charge on any atom is 0.322 e. The monoisotopic (exact) mass is 299 g/mol. The fourth-order valence-electron chi connectivity index (χ4n) is 1.35. The molecule has 0 radical (unpaired) electrons. The first kappa shape index (κ1) is 15.8. The number of hydrogen-bond donors (Lipinski definition) is 4. The van der Waals surface area contributed by atoms with E-state index in [1.165, 1.54) is 0 Å². The van der Waals surface area contributed by atoms with Crippen LogP contribution in [-0.2, 0) is 9.59 Å². The van der Waals surface area contributed by atoms with Crippen LogP contribution >= 0.6 is 11.6 Å². The maximum atomic E-state index is 11.6. The molecular formula is C12H14ClN3O4. The lowest BCUT2D eigenvalue weighted by molar-refractivity contribution is -0.137. The summed E-state index contributed by atoms with van der Waals surface area (Å²) in [5.74, 6) is -1.76. The van der Waals surface area contributed by atoms with Crippen LogP contribution in [0.4, 0.5) is 10.5 Å². The van der Waals surface area contributed by atoms with E-state index in [4.69, 9.17) is 16.7 Å². The van der Waals surface area contributed by atoms with E-state index in [2.05, 4.69) is 16.0 Å². The van der Waals surface area contributed by atoms with Crippen molar-refractivity contribution in [3.05, 3.63) is 28.8 Å². The third-order valence-electron chi connectivity index (χ3n) is 2.31. The molecule has 8 heteroatoms. The third kappa shape index (κ3) is 5.15. The molecule has 0 atom stereocenters. The Morgan fingerprint density at radius 3 is 2.50 bits per heavy atom. The van der Waals surface area contributed by atoms with E-state index in [1.807, 2.05) is 0 Å². The Morgan fingerprint density at radius 2 is 1.90 bits per heavy atom. The molecule has 0 aromatic heterocycles. The fourth-order valence-corrected chi connectivity index (χ4v) is 1.61. The number of aliphatic carboxylic acids is 1. The minimum absolute atomic E-state index is 0.331. The van der Waals surface area contributed by atoms with Crippen LogP contribution in [0.1, 0.15) is 5.56 Å². The molecule has 0 spiro atoms. The molecule has 0 saturated carbocycles. The van der Waals surface area contributed by atoms with Crippen molar-refractivity contribution in [3.63, 3.8) is 0 Å². The highest BCUT2D eigenvalue weighted by atomic mass is 35.5. The van der Waals surface area contributed by atoms with Gasteiger partial charge in [0.2, 0.25) is 5.91 Å². The molecule has 4 N–H and O–H groups in total. The van der Waals surface area contributed by atoms with E-state index >= 15 is 0 Å². The molecule has 108 valence electrons. The molecule has 0 aliphatic rings. The van der Waals surface area contributed by atoms with Gasteiger partial charge in [-0.05, 0) is 18.6 Å². The number of para-hydroxylation sites is 1. The zero-order chi connectivity index (χ0) is 15.1. The second-order valence-electron chi connectivity index (χ2n) is 3.91. The number of amides is 3. The molecule has 7 nitrogen and oxygen atoms in total. The van der Waals surface area contributed by atoms with Crippen LogP contribution in [0.5, 0.6) is 0 Å². The second kappa shape index (κ2) is 7.34. The number of nitrogens with one attached hydrogen (secondary N) is 3. The average molecular weight is 300 g/mol. The van der Waals surface area contributed by atoms with Gasteiger partial charge in [-0.2, -0.15) is 0 Å². The van der Waals surface area contributed by atoms with Gasteiger partial charge in [0.1, 0.15) is 6.54 Å². The largest absolute Gasteiger partial charge is 0.480 e. The molecule has 0 fully saturated rings. The van der Waals surface area contributed by atoms with Crippen LogP contribution in [0.3, 0.4) is 0 Å². The first-order valence-electron chi connectivity index (χ1n) is 5.68. The van der Waals surface area contributed by atoms with Gasteiger partial charge in [0, 0.05) is 0 Å². The number of carboxylic acid groups (broad SMARTS) is 1. The van der Waals surface area contributed by atoms with Crippen LogP contribution < -0.4 is 16.0 Å². The summed E-state index contributed by atoms with van der Waals surface area (Å²) in [7, 11) is 0. The van der Waals surface area contributed by atoms with Crippen molar-refractivity contribution in [1.82, 2.24) is 10.6 Å². The van der Waals surface area contributed by atoms with E-state index in [-0.39, 0.29) is 6.54 Å². The molecule has 1 aromatic rings. The van der Waals surface area contributed by atoms with Crippen LogP contribution in [-0.4, -0.2) is 36.1 Å². The molecule has 1 rings (SSSR count). The minimum atomic E-state index is -1.16. The van der Waals surface area contributed by atoms with E-state index in [0.29, 0.717) is 10.7 Å². The Hall–Kier alpha value is -2.28. The molecule has 20 heavy (non-hydrogen) atoms. The number of anilines is 1. The maximum absolute atomic E-state index is 11.6. The molecule has 0 unspecified atom stereocenters. The molecule has 0 heterocycles. The Labute approximate surface area is 120 Å². The van der Waals surface area contributed by atoms with Crippen molar-refractivity contribution in [2.75, 3.05) is 18.4 Å². The van der Waals surface area contributed by atoms with E-state index in [0.717, 1.165) is 5.56 Å². The van der Waals surface area contributed by atoms with Crippen molar-refractivity contribution in [2.45, 2.75) is 6.92 Å². The number of carboxylic acids is 1. The highest BCUT2D eigenvalue weighted by molar-refractivity contribution is 6.33. The third-order valence-corrected chi connectivity index (χ3v) is 2.62. The Balaban J connectivity index is 2.44. The summed E-state index contributed by atoms with van der Waals surface area (Å²) in [6, 6.07) is 4.55. The molecule has 0 aliphatic carbocycles. The Kier molecular flexibility index (Phi) is 5.79. The van der Waals surface area contributed by atoms with Gasteiger partial charge in [0.05, 0.1) is 17.3 Å². The van der Waals surface area contributed by atoms with Crippen molar-refractivity contribution < 1.29 is 19.5 Å². The molecule has 3 amide bonds. The predicted octanol–water partition coefficient (Wildman–Crippen LogP) is 0.971. The summed E-state index contributed by atoms with van der Waals surface area (Å²) in [6.07, 6.45) is 0. The topological polar surface area (TPSA) is 108 Å². The number of hydrogen-bond acceptors (Lipinski definition) is 3. The summed E-state index contributed by atoms with van der Waals surface area (Å²) in [4.78, 5) is 33.0. The molecule has 1 aromatic carbocycles. The number of carbonyl (C=O) groups is 3. The predicted molar refractivity (Wildman–Crippen MR) is 73.9 cm³/mol. The summed E-state index contributed by atoms with van der Waals surface area (Å²) in [5.41, 5.74) is 1.24. The standard InChI is InChI=1S/C12H14ClN3O4/c1-7-3-2-4-8(13)11(7)16-12(20)15-5-9(17)14-6-10(18)19/h2-4H,5-6H2,1H3,(H,14,17)(H,18,19)(H2,15,16,20). The van der Waals surface area contributed by atoms with Gasteiger partial charge in [0.15, 0.2) is 0 Å². The van der Waals surface area contributed by atoms with Crippen molar-refractivity contribution in [1.29, 1.82) is 0 Å². The molecule has 0 saturated heterocycles. The van der Waals surface area contributed by atoms with E-state index in [1.54, 1.807) is 25.1 Å². The van der Waals surface area contributed by atoms with Gasteiger partial charge < -0.3 is 21.1 Å². The number of urea groups is 1. The molecular weight excluding hydrogens is 286 g/mol. The highest BCUT2D eigenvalue weighted by Crippen LogP contribution is 2.24. The first-order valence-corrected chi connectivity index (χ1v) is 6.06. The summed E-state index contributed by atoms with van der Waals surface area (Å²) in [5, 5.41) is 15.7. The molecule has 0 bridgehead atoms. The van der Waals surface area contributed by atoms with Gasteiger partial charge in [-0.25, -0.2) is 4.79 Å². The second-order valence-corrected chi connectivity index (χ2v) is 4.32. The molecule has 0 aliphatic heterocycles. The summed E-state index contributed by atoms with van der Waals surface area (Å²) in [6.45, 7) is 0.954. The van der Waals surface area contributed by atoms with E-state index in [9.17, 15) is 14.4 Å². The zero-order valence-corrected chi connectivity index (χ0v) is 11.5. The van der Waals surface area contributed by atoms with Gasteiger partial charge in [-0.1, -0.05) is 23.7 Å². The Morgan fingerprint density at radius 1 is 1.20 bits per heavy atom. The van der Waals surface area contributed by atoms with Crippen molar-refractivity contribution in [3.8, 4) is 0 Å². The number of rotatable bonds is 5. The Bertz CT molecular complexity index is 513. The van der Waals surface area contributed by atoms with Gasteiger partial charge in [-0.3, -0.25) is 9.59 Å². The lowest BCUT2D eigenvalue weighted by Crippen LogP contribution is -2.40. The number of halogens is 1. The highest BCUT2D eigenvalue weighted by Gasteiger charge is 2.09. The van der Waals surface area contributed by atoms with Gasteiger partial charge in [0.25, 0.3) is 0 Å². The SMILES string of the molecule is Cc1cccc(Cl)c1NC(=O)NCC(=O)NCC(=O)O. The van der Waals surface area contributed by atoms with E-state index < -0.39 is 24.5 Å². The zero-order valence-electron chi connectivity index (χ0n) is 10.7. The summed E-state index contributed by atoms with van der Waals surface area (Å²) < 4.78 is 0. The van der Waals surface area contributed by atoms with Crippen LogP contribution in [0, 0.1) is 6.92 Å². The summed E-state index contributed by atoms with van der Waals surface area (Å²) >= 11 is 5.93. The van der Waals surface area contributed by atoms with Crippen LogP contribution in [0.2, 0.25) is 5.02 Å². The number of benzene rings is 1. The first-order chi connectivity index (χ1) is 9.40. The van der Waals surface area contributed by atoms with Gasteiger partial charge in [-0.15, -0.1) is 0 Å². The average Bonchev–Trinajstić information content (AvgIpc) is 2.38. The smallest absolute Gasteiger partial charge is 0.322 e. The van der Waals surface area contributed by atoms with Gasteiger partial charge >= 0.3 is 12.0 Å². The van der Waals surface area contributed by atoms with Crippen molar-refractivity contribution >= 4 is 35.2 Å². The quantitative estimate of drug-likeness (QED) is 0.650. The number of carbonyl (C=O) groups excluding carboxylic acids is 2. The van der Waals surface area contributed by atoms with Crippen molar-refractivity contribution in [2.24, 2.45) is 0 Å². The number of aryl methyl sites for hydroxylation is 1. The lowest BCUT2D eigenvalue weighted by atomic mass is 10.2. The normalized spacial score (nSPS) is 9.70. The fraction of sp³-hybridized carbons (Fsp3) is 0.250. The minimum Gasteiger partial charge on any atom is -0.480 e. The van der Waals surface area contributed by atoms with Crippen LogP contribution in [0.25, 0.3) is 0 Å². The van der Waals surface area contributed by atoms with Crippen LogP contribution in [0.15, 0.2) is 18.2 Å².